The van der Waals surface area contributed by atoms with Crippen LogP contribution in [0.25, 0.3) is 5.69 Å². The summed E-state index contributed by atoms with van der Waals surface area (Å²) in [4.78, 5) is 12.2. The van der Waals surface area contributed by atoms with Gasteiger partial charge in [-0.1, -0.05) is 41.6 Å². The number of nitrogens with zero attached hydrogens (tertiary/aromatic N) is 4. The van der Waals surface area contributed by atoms with Crippen LogP contribution in [-0.2, 0) is 11.2 Å². The Hall–Kier alpha value is -2.82. The molecule has 0 unspecified atom stereocenters. The minimum Gasteiger partial charge on any atom is -0.325 e. The van der Waals surface area contributed by atoms with Crippen LogP contribution in [0.3, 0.4) is 0 Å². The predicted molar refractivity (Wildman–Crippen MR) is 106 cm³/mol. The van der Waals surface area contributed by atoms with E-state index in [-0.39, 0.29) is 11.7 Å². The Morgan fingerprint density at radius 2 is 2.07 bits per heavy atom. The van der Waals surface area contributed by atoms with E-state index in [2.05, 4.69) is 21.6 Å². The van der Waals surface area contributed by atoms with Crippen molar-refractivity contribution >= 4 is 35.0 Å². The molecule has 2 aromatic carbocycles. The number of rotatable bonds is 6. The van der Waals surface area contributed by atoms with Crippen LogP contribution < -0.4 is 5.32 Å². The number of amides is 1. The number of aryl methyl sites for hydroxylation is 1. The molecule has 1 aromatic heterocycles. The highest BCUT2D eigenvalue weighted by Gasteiger charge is 2.11. The second-order valence-corrected chi connectivity index (χ2v) is 7.14. The quantitative estimate of drug-likeness (QED) is 0.635. The first-order chi connectivity index (χ1) is 13.1. The molecule has 0 saturated carbocycles. The van der Waals surface area contributed by atoms with Gasteiger partial charge in [-0.05, 0) is 42.3 Å². The van der Waals surface area contributed by atoms with E-state index in [9.17, 15) is 4.79 Å². The molecule has 0 aliphatic carbocycles. The molecule has 0 aliphatic heterocycles. The molecule has 0 bridgehead atoms. The van der Waals surface area contributed by atoms with Crippen molar-refractivity contribution < 1.29 is 4.79 Å². The van der Waals surface area contributed by atoms with E-state index in [1.807, 2.05) is 37.3 Å². The molecule has 27 heavy (non-hydrogen) atoms. The Morgan fingerprint density at radius 3 is 2.78 bits per heavy atom. The number of nitrogens with one attached hydrogen (secondary N) is 1. The van der Waals surface area contributed by atoms with Gasteiger partial charge in [0.1, 0.15) is 6.33 Å². The summed E-state index contributed by atoms with van der Waals surface area (Å²) in [6, 6.07) is 15.0. The molecule has 8 heteroatoms. The first kappa shape index (κ1) is 19.0. The van der Waals surface area contributed by atoms with Gasteiger partial charge in [0, 0.05) is 10.7 Å². The average Bonchev–Trinajstić information content (AvgIpc) is 3.13. The molecule has 0 spiro atoms. The molecular formula is C19H16ClN5OS. The van der Waals surface area contributed by atoms with Crippen LogP contribution in [0, 0.1) is 18.3 Å². The third-order valence-corrected chi connectivity index (χ3v) is 5.15. The first-order valence-corrected chi connectivity index (χ1v) is 9.48. The molecule has 3 rings (SSSR count). The second kappa shape index (κ2) is 8.71. The number of carbonyl (C=O) groups excluding carboxylic acids is 1. The Balaban J connectivity index is 1.62. The molecule has 0 atom stereocenters. The summed E-state index contributed by atoms with van der Waals surface area (Å²) in [7, 11) is 0. The molecular weight excluding hydrogens is 382 g/mol. The number of carbonyl (C=O) groups is 1. The third-order valence-electron chi connectivity index (χ3n) is 3.80. The highest BCUT2D eigenvalue weighted by molar-refractivity contribution is 7.99. The van der Waals surface area contributed by atoms with Crippen LogP contribution >= 0.6 is 23.4 Å². The van der Waals surface area contributed by atoms with E-state index in [0.717, 1.165) is 16.8 Å². The molecule has 0 saturated heterocycles. The lowest BCUT2D eigenvalue weighted by Crippen LogP contribution is -2.14. The van der Waals surface area contributed by atoms with E-state index in [0.29, 0.717) is 22.3 Å². The highest BCUT2D eigenvalue weighted by Crippen LogP contribution is 2.24. The zero-order valence-corrected chi connectivity index (χ0v) is 16.1. The molecule has 3 aromatic rings. The number of hydrogen-bond acceptors (Lipinski definition) is 5. The lowest BCUT2D eigenvalue weighted by molar-refractivity contribution is -0.113. The molecule has 136 valence electrons. The summed E-state index contributed by atoms with van der Waals surface area (Å²) in [5.41, 5.74) is 3.43. The number of aromatic nitrogens is 3. The van der Waals surface area contributed by atoms with E-state index >= 15 is 0 Å². The zero-order chi connectivity index (χ0) is 19.2. The van der Waals surface area contributed by atoms with Gasteiger partial charge in [0.25, 0.3) is 0 Å². The van der Waals surface area contributed by atoms with Crippen LogP contribution in [0.15, 0.2) is 53.9 Å². The Kier molecular flexibility index (Phi) is 6.12. The van der Waals surface area contributed by atoms with E-state index in [1.54, 1.807) is 23.0 Å². The maximum absolute atomic E-state index is 12.2. The van der Waals surface area contributed by atoms with E-state index in [4.69, 9.17) is 16.9 Å². The van der Waals surface area contributed by atoms with Crippen molar-refractivity contribution in [2.75, 3.05) is 11.1 Å². The van der Waals surface area contributed by atoms with Crippen molar-refractivity contribution in [3.63, 3.8) is 0 Å². The topological polar surface area (TPSA) is 83.6 Å². The van der Waals surface area contributed by atoms with Crippen molar-refractivity contribution in [3.05, 3.63) is 64.9 Å². The summed E-state index contributed by atoms with van der Waals surface area (Å²) in [6.07, 6.45) is 1.94. The molecule has 0 radical (unpaired) electrons. The highest BCUT2D eigenvalue weighted by atomic mass is 35.5. The number of anilines is 1. The van der Waals surface area contributed by atoms with Crippen LogP contribution in [0.1, 0.15) is 11.1 Å². The van der Waals surface area contributed by atoms with E-state index in [1.165, 1.54) is 11.8 Å². The lowest BCUT2D eigenvalue weighted by atomic mass is 10.1. The molecule has 0 aliphatic rings. The molecule has 1 heterocycles. The number of hydrogen-bond donors (Lipinski definition) is 1. The van der Waals surface area contributed by atoms with Crippen LogP contribution in [0.5, 0.6) is 0 Å². The fourth-order valence-corrected chi connectivity index (χ4v) is 3.26. The van der Waals surface area contributed by atoms with Gasteiger partial charge in [0.05, 0.1) is 23.9 Å². The smallest absolute Gasteiger partial charge is 0.234 e. The van der Waals surface area contributed by atoms with Gasteiger partial charge in [0.15, 0.2) is 5.16 Å². The van der Waals surface area contributed by atoms with Crippen LogP contribution in [0.2, 0.25) is 5.02 Å². The van der Waals surface area contributed by atoms with Crippen LogP contribution in [0.4, 0.5) is 5.69 Å². The number of thioether (sulfide) groups is 1. The van der Waals surface area contributed by atoms with Crippen molar-refractivity contribution in [2.45, 2.75) is 18.5 Å². The summed E-state index contributed by atoms with van der Waals surface area (Å²) in [5, 5.41) is 20.8. The number of halogens is 1. The minimum absolute atomic E-state index is 0.149. The van der Waals surface area contributed by atoms with Gasteiger partial charge in [-0.15, -0.1) is 10.2 Å². The Morgan fingerprint density at radius 1 is 1.30 bits per heavy atom. The summed E-state index contributed by atoms with van der Waals surface area (Å²) in [6.45, 7) is 1.94. The summed E-state index contributed by atoms with van der Waals surface area (Å²) in [5.74, 6) is 0.0441. The van der Waals surface area contributed by atoms with Crippen molar-refractivity contribution in [1.29, 1.82) is 5.26 Å². The van der Waals surface area contributed by atoms with Gasteiger partial charge in [-0.25, -0.2) is 0 Å². The Labute approximate surface area is 166 Å². The number of nitriles is 1. The first-order valence-electron chi connectivity index (χ1n) is 8.12. The monoisotopic (exact) mass is 397 g/mol. The minimum atomic E-state index is -0.149. The lowest BCUT2D eigenvalue weighted by Gasteiger charge is -2.08. The summed E-state index contributed by atoms with van der Waals surface area (Å²) >= 11 is 7.48. The maximum Gasteiger partial charge on any atom is 0.234 e. The maximum atomic E-state index is 12.2. The fourth-order valence-electron chi connectivity index (χ4n) is 2.36. The molecule has 1 N–H and O–H groups in total. The van der Waals surface area contributed by atoms with Crippen molar-refractivity contribution in [3.8, 4) is 11.8 Å². The van der Waals surface area contributed by atoms with Crippen molar-refractivity contribution in [1.82, 2.24) is 14.8 Å². The zero-order valence-electron chi connectivity index (χ0n) is 14.5. The van der Waals surface area contributed by atoms with Gasteiger partial charge in [-0.3, -0.25) is 9.36 Å². The molecule has 6 nitrogen and oxygen atoms in total. The molecule has 1 amide bonds. The average molecular weight is 398 g/mol. The third kappa shape index (κ3) is 4.88. The molecule has 0 fully saturated rings. The van der Waals surface area contributed by atoms with Gasteiger partial charge >= 0.3 is 0 Å². The SMILES string of the molecule is Cc1ccc(-n2cnnc2SCC(=O)Nc2ccc(CC#N)cc2)cc1Cl. The van der Waals surface area contributed by atoms with Crippen LogP contribution in [-0.4, -0.2) is 26.4 Å². The summed E-state index contributed by atoms with van der Waals surface area (Å²) < 4.78 is 1.79. The van der Waals surface area contributed by atoms with Gasteiger partial charge < -0.3 is 5.32 Å². The normalized spacial score (nSPS) is 10.4. The number of benzene rings is 2. The van der Waals surface area contributed by atoms with Gasteiger partial charge in [0.2, 0.25) is 5.91 Å². The van der Waals surface area contributed by atoms with Crippen molar-refractivity contribution in [2.24, 2.45) is 0 Å². The Bertz CT molecular complexity index is 994. The largest absolute Gasteiger partial charge is 0.325 e. The van der Waals surface area contributed by atoms with E-state index < -0.39 is 0 Å². The second-order valence-electron chi connectivity index (χ2n) is 5.79. The standard InChI is InChI=1S/C19H16ClN5OS/c1-13-2-7-16(10-17(13)20)25-12-22-24-19(25)27-11-18(26)23-15-5-3-14(4-6-15)8-9-21/h2-7,10,12H,8,11H2,1H3,(H,23,26). The van der Waals surface area contributed by atoms with Gasteiger partial charge in [-0.2, -0.15) is 5.26 Å². The predicted octanol–water partition coefficient (Wildman–Crippen LogP) is 4.03. The fraction of sp³-hybridized carbons (Fsp3) is 0.158.